The molecule has 2 fully saturated rings. The molecule has 0 unspecified atom stereocenters. The van der Waals surface area contributed by atoms with E-state index in [4.69, 9.17) is 23.5 Å². The third kappa shape index (κ3) is 10.4. The van der Waals surface area contributed by atoms with Crippen LogP contribution in [-0.4, -0.2) is 116 Å². The minimum absolute atomic E-state index is 0.0467. The van der Waals surface area contributed by atoms with E-state index in [2.05, 4.69) is 15.2 Å². The molecule has 3 heterocycles. The van der Waals surface area contributed by atoms with Gasteiger partial charge in [0.25, 0.3) is 5.91 Å². The molecular formula is C38H51N6O8P. The van der Waals surface area contributed by atoms with Gasteiger partial charge >= 0.3 is 13.7 Å². The number of hydrogen-bond acceptors (Lipinski definition) is 11. The highest BCUT2D eigenvalue weighted by atomic mass is 31.2. The van der Waals surface area contributed by atoms with Crippen LogP contribution in [0.15, 0.2) is 60.7 Å². The van der Waals surface area contributed by atoms with E-state index in [9.17, 15) is 18.9 Å². The fourth-order valence-electron chi connectivity index (χ4n) is 6.29. The molecule has 53 heavy (non-hydrogen) atoms. The average molecular weight is 751 g/mol. The maximum atomic E-state index is 14.2. The normalized spacial score (nSPS) is 16.8. The second-order valence-corrected chi connectivity index (χ2v) is 14.9. The molecule has 0 spiro atoms. The minimum atomic E-state index is -3.52. The maximum absolute atomic E-state index is 14.2. The van der Waals surface area contributed by atoms with Crippen molar-refractivity contribution >= 4 is 36.6 Å². The van der Waals surface area contributed by atoms with Crippen LogP contribution in [0.1, 0.15) is 56.1 Å². The zero-order valence-corrected chi connectivity index (χ0v) is 32.0. The molecule has 2 aliphatic rings. The number of aromatic nitrogens is 2. The van der Waals surface area contributed by atoms with Gasteiger partial charge in [0.05, 0.1) is 31.2 Å². The summed E-state index contributed by atoms with van der Waals surface area (Å²) >= 11 is 0. The molecule has 0 aliphatic carbocycles. The second-order valence-electron chi connectivity index (χ2n) is 12.9. The first-order chi connectivity index (χ1) is 25.7. The van der Waals surface area contributed by atoms with Gasteiger partial charge in [-0.25, -0.2) is 14.8 Å². The number of amides is 3. The Morgan fingerprint density at radius 1 is 0.906 bits per heavy atom. The number of methoxy groups -OCH3 is 1. The van der Waals surface area contributed by atoms with Gasteiger partial charge in [-0.15, -0.1) is 0 Å². The lowest BCUT2D eigenvalue weighted by molar-refractivity contribution is -0.134. The van der Waals surface area contributed by atoms with Gasteiger partial charge in [0, 0.05) is 64.4 Å². The van der Waals surface area contributed by atoms with Crippen LogP contribution in [0.3, 0.4) is 0 Å². The Kier molecular flexibility index (Phi) is 14.4. The van der Waals surface area contributed by atoms with Crippen molar-refractivity contribution in [2.24, 2.45) is 0 Å². The summed E-state index contributed by atoms with van der Waals surface area (Å²) in [5, 5.41) is 3.38. The van der Waals surface area contributed by atoms with Crippen LogP contribution in [0.4, 0.5) is 10.6 Å². The van der Waals surface area contributed by atoms with Crippen molar-refractivity contribution < 1.29 is 37.5 Å². The van der Waals surface area contributed by atoms with Gasteiger partial charge in [0.15, 0.2) is 5.82 Å². The fourth-order valence-corrected chi connectivity index (χ4v) is 7.86. The first-order valence-corrected chi connectivity index (χ1v) is 19.9. The Labute approximate surface area is 311 Å². The Morgan fingerprint density at radius 2 is 1.58 bits per heavy atom. The molecule has 0 saturated carbocycles. The molecule has 1 N–H and O–H groups in total. The van der Waals surface area contributed by atoms with Crippen LogP contribution in [-0.2, 0) is 34.3 Å². The summed E-state index contributed by atoms with van der Waals surface area (Å²) in [5.41, 5.74) is 1.60. The van der Waals surface area contributed by atoms with E-state index in [1.54, 1.807) is 61.1 Å². The fraction of sp³-hybridized carbons (Fsp3) is 0.500. The molecule has 286 valence electrons. The van der Waals surface area contributed by atoms with Crippen molar-refractivity contribution in [3.8, 4) is 11.4 Å². The minimum Gasteiger partial charge on any atom is -0.449 e. The molecule has 14 nitrogen and oxygen atoms in total. The lowest BCUT2D eigenvalue weighted by Gasteiger charge is -2.36. The molecule has 0 radical (unpaired) electrons. The predicted octanol–water partition coefficient (Wildman–Crippen LogP) is 4.68. The smallest absolute Gasteiger partial charge is 0.409 e. The summed E-state index contributed by atoms with van der Waals surface area (Å²) in [6.45, 7) is 8.82. The topological polar surface area (TPSA) is 153 Å². The summed E-state index contributed by atoms with van der Waals surface area (Å²) in [5.74, 6) is 0.161. The maximum Gasteiger partial charge on any atom is 0.409 e. The highest BCUT2D eigenvalue weighted by Crippen LogP contribution is 2.46. The first-order valence-electron chi connectivity index (χ1n) is 18.4. The zero-order valence-electron chi connectivity index (χ0n) is 31.1. The van der Waals surface area contributed by atoms with Gasteiger partial charge in [-0.2, -0.15) is 0 Å². The van der Waals surface area contributed by atoms with E-state index >= 15 is 0 Å². The number of carbonyl (C=O) groups is 3. The molecule has 2 aliphatic heterocycles. The lowest BCUT2D eigenvalue weighted by atomic mass is 10.0. The molecule has 0 bridgehead atoms. The van der Waals surface area contributed by atoms with Gasteiger partial charge in [0.1, 0.15) is 17.6 Å². The summed E-state index contributed by atoms with van der Waals surface area (Å²) in [6.07, 6.45) is 2.32. The lowest BCUT2D eigenvalue weighted by Crippen LogP contribution is -2.56. The largest absolute Gasteiger partial charge is 0.449 e. The van der Waals surface area contributed by atoms with E-state index in [0.717, 1.165) is 30.4 Å². The van der Waals surface area contributed by atoms with Gasteiger partial charge in [-0.1, -0.05) is 55.8 Å². The molecule has 2 atom stereocenters. The number of rotatable bonds is 16. The predicted molar refractivity (Wildman–Crippen MR) is 201 cm³/mol. The highest BCUT2D eigenvalue weighted by Gasteiger charge is 2.33. The van der Waals surface area contributed by atoms with Gasteiger partial charge in [-0.05, 0) is 44.4 Å². The zero-order chi connectivity index (χ0) is 37.8. The van der Waals surface area contributed by atoms with Crippen LogP contribution in [0, 0.1) is 0 Å². The van der Waals surface area contributed by atoms with Crippen LogP contribution >= 0.6 is 7.60 Å². The van der Waals surface area contributed by atoms with Crippen molar-refractivity contribution in [1.82, 2.24) is 25.1 Å². The van der Waals surface area contributed by atoms with Crippen molar-refractivity contribution in [2.45, 2.75) is 58.6 Å². The number of carbonyl (C=O) groups excluding carboxylic acids is 3. The summed E-state index contributed by atoms with van der Waals surface area (Å²) in [6, 6.07) is 16.9. The quantitative estimate of drug-likeness (QED) is 0.161. The number of ether oxygens (including phenoxy) is 2. The standard InChI is InChI=1S/C38H51N6O8P/c1-5-8-24-50-38(47)43-22-20-42(21-23-43)37(46)33(25-28-14-16-31(17-15-28)53(48,51-6-2)52-7-3)40-36(45)32-26-34(44-19-18-30(27-44)49-4)41-35(39-32)29-12-10-9-11-13-29/h9-17,26,30,33H,5-8,18-25,27H2,1-4H3,(H,40,45)/t30-,33-/m0/s1. The average Bonchev–Trinajstić information content (AvgIpc) is 3.68. The van der Waals surface area contributed by atoms with Crippen LogP contribution in [0.25, 0.3) is 11.4 Å². The summed E-state index contributed by atoms with van der Waals surface area (Å²) in [7, 11) is -1.83. The summed E-state index contributed by atoms with van der Waals surface area (Å²) < 4.78 is 35.3. The van der Waals surface area contributed by atoms with Crippen LogP contribution in [0.5, 0.6) is 0 Å². The van der Waals surface area contributed by atoms with E-state index < -0.39 is 25.6 Å². The molecule has 2 aromatic carbocycles. The molecule has 3 aromatic rings. The van der Waals surface area contributed by atoms with Crippen LogP contribution < -0.4 is 15.5 Å². The molecule has 5 rings (SSSR count). The van der Waals surface area contributed by atoms with E-state index in [0.29, 0.717) is 49.7 Å². The van der Waals surface area contributed by atoms with Crippen molar-refractivity contribution in [3.05, 3.63) is 71.9 Å². The SMILES string of the molecule is CCCCOC(=O)N1CCN(C(=O)[C@H](Cc2ccc(P(=O)(OCC)OCC)cc2)NC(=O)c2cc(N3CC[C@H](OC)C3)nc(-c3ccccc3)n2)CC1. The Hall–Kier alpha value is -4.36. The van der Waals surface area contributed by atoms with Crippen LogP contribution in [0.2, 0.25) is 0 Å². The molecule has 2 saturated heterocycles. The first kappa shape index (κ1) is 39.8. The molecule has 3 amide bonds. The monoisotopic (exact) mass is 750 g/mol. The highest BCUT2D eigenvalue weighted by molar-refractivity contribution is 7.62. The van der Waals surface area contributed by atoms with Crippen molar-refractivity contribution in [1.29, 1.82) is 0 Å². The Balaban J connectivity index is 1.40. The van der Waals surface area contributed by atoms with E-state index in [1.807, 2.05) is 37.3 Å². The Bertz CT molecular complexity index is 1710. The third-order valence-corrected chi connectivity index (χ3v) is 11.4. The summed E-state index contributed by atoms with van der Waals surface area (Å²) in [4.78, 5) is 55.7. The molecular weight excluding hydrogens is 699 g/mol. The Morgan fingerprint density at radius 3 is 2.21 bits per heavy atom. The van der Waals surface area contributed by atoms with E-state index in [-0.39, 0.29) is 50.4 Å². The number of nitrogens with one attached hydrogen (secondary N) is 1. The molecule has 1 aromatic heterocycles. The van der Waals surface area contributed by atoms with Crippen molar-refractivity contribution in [3.63, 3.8) is 0 Å². The van der Waals surface area contributed by atoms with Gasteiger partial charge < -0.3 is 38.5 Å². The van der Waals surface area contributed by atoms with E-state index in [1.165, 1.54) is 0 Å². The second kappa shape index (κ2) is 19.1. The number of unbranched alkanes of at least 4 members (excludes halogenated alkanes) is 1. The number of hydrogen-bond donors (Lipinski definition) is 1. The molecule has 15 heteroatoms. The number of nitrogens with zero attached hydrogens (tertiary/aromatic N) is 5. The number of piperazine rings is 1. The van der Waals surface area contributed by atoms with Gasteiger partial charge in [0.2, 0.25) is 5.91 Å². The number of benzene rings is 2. The van der Waals surface area contributed by atoms with Gasteiger partial charge in [-0.3, -0.25) is 14.2 Å². The number of anilines is 1. The third-order valence-electron chi connectivity index (χ3n) is 9.25. The van der Waals surface area contributed by atoms with Crippen molar-refractivity contribution in [2.75, 3.05) is 71.1 Å².